The Labute approximate surface area is 110 Å². The first kappa shape index (κ1) is 12.9. The monoisotopic (exact) mass is 270 g/mol. The van der Waals surface area contributed by atoms with Gasteiger partial charge in [0.25, 0.3) is 5.91 Å². The van der Waals surface area contributed by atoms with E-state index in [0.717, 1.165) is 4.90 Å². The van der Waals surface area contributed by atoms with E-state index in [4.69, 9.17) is 11.6 Å². The third-order valence-corrected chi connectivity index (χ3v) is 3.50. The fraction of sp³-hybridized carbons (Fsp3) is 0.545. The van der Waals surface area contributed by atoms with Crippen LogP contribution < -0.4 is 5.32 Å². The highest BCUT2D eigenvalue weighted by atomic mass is 35.5. The van der Waals surface area contributed by atoms with E-state index in [2.05, 4.69) is 10.4 Å². The van der Waals surface area contributed by atoms with Gasteiger partial charge in [-0.05, 0) is 20.8 Å². The zero-order valence-electron chi connectivity index (χ0n) is 10.7. The molecule has 0 bridgehead atoms. The number of aryl methyl sites for hydroxylation is 2. The molecule has 0 aromatic carbocycles. The number of imide groups is 1. The summed E-state index contributed by atoms with van der Waals surface area (Å²) in [6.45, 7) is 5.29. The van der Waals surface area contributed by atoms with Gasteiger partial charge in [-0.3, -0.25) is 14.4 Å². The molecule has 0 spiro atoms. The number of rotatable bonds is 2. The number of carbonyl (C=O) groups excluding carboxylic acids is 2. The first-order chi connectivity index (χ1) is 8.24. The second-order valence-corrected chi connectivity index (χ2v) is 5.28. The number of hydrogen-bond donors (Lipinski definition) is 1. The highest BCUT2D eigenvalue weighted by molar-refractivity contribution is 6.30. The van der Waals surface area contributed by atoms with E-state index in [1.54, 1.807) is 27.8 Å². The van der Waals surface area contributed by atoms with Gasteiger partial charge >= 0.3 is 6.03 Å². The molecule has 1 aromatic heterocycles. The average molecular weight is 271 g/mol. The molecule has 3 amide bonds. The molecule has 6 nitrogen and oxygen atoms in total. The highest BCUT2D eigenvalue weighted by Gasteiger charge is 2.44. The van der Waals surface area contributed by atoms with Crippen LogP contribution in [-0.4, -0.2) is 32.2 Å². The van der Waals surface area contributed by atoms with Crippen molar-refractivity contribution in [2.24, 2.45) is 7.05 Å². The summed E-state index contributed by atoms with van der Waals surface area (Å²) in [5, 5.41) is 7.22. The summed E-state index contributed by atoms with van der Waals surface area (Å²) in [4.78, 5) is 25.0. The van der Waals surface area contributed by atoms with E-state index < -0.39 is 11.6 Å². The minimum Gasteiger partial charge on any atom is -0.324 e. The van der Waals surface area contributed by atoms with Crippen LogP contribution in [0, 0.1) is 6.92 Å². The van der Waals surface area contributed by atoms with Crippen LogP contribution in [0.1, 0.15) is 25.1 Å². The average Bonchev–Trinajstić information content (AvgIpc) is 2.59. The van der Waals surface area contributed by atoms with Crippen molar-refractivity contribution in [3.05, 3.63) is 16.4 Å². The summed E-state index contributed by atoms with van der Waals surface area (Å²) in [7, 11) is 1.72. The van der Waals surface area contributed by atoms with E-state index in [-0.39, 0.29) is 12.5 Å². The molecule has 1 aliphatic rings. The van der Waals surface area contributed by atoms with Gasteiger partial charge < -0.3 is 5.32 Å². The number of nitrogens with zero attached hydrogens (tertiary/aromatic N) is 3. The molecule has 98 valence electrons. The summed E-state index contributed by atoms with van der Waals surface area (Å²) >= 11 is 6.09. The molecular weight excluding hydrogens is 256 g/mol. The third-order valence-electron chi connectivity index (χ3n) is 3.03. The minimum absolute atomic E-state index is 0.145. The van der Waals surface area contributed by atoms with Crippen molar-refractivity contribution < 1.29 is 9.59 Å². The Kier molecular flexibility index (Phi) is 2.85. The second kappa shape index (κ2) is 3.98. The topological polar surface area (TPSA) is 67.2 Å². The van der Waals surface area contributed by atoms with Gasteiger partial charge in [0.05, 0.1) is 12.2 Å². The Morgan fingerprint density at radius 3 is 2.39 bits per heavy atom. The quantitative estimate of drug-likeness (QED) is 0.822. The maximum Gasteiger partial charge on any atom is 0.325 e. The number of halogens is 1. The van der Waals surface area contributed by atoms with Gasteiger partial charge in [0, 0.05) is 12.6 Å². The van der Waals surface area contributed by atoms with Gasteiger partial charge in [0.2, 0.25) is 0 Å². The van der Waals surface area contributed by atoms with Crippen molar-refractivity contribution in [2.75, 3.05) is 0 Å². The lowest BCUT2D eigenvalue weighted by Crippen LogP contribution is -2.40. The first-order valence-electron chi connectivity index (χ1n) is 5.56. The van der Waals surface area contributed by atoms with Gasteiger partial charge in [0.15, 0.2) is 0 Å². The maximum absolute atomic E-state index is 12.0. The maximum atomic E-state index is 12.0. The number of carbonyl (C=O) groups is 2. The van der Waals surface area contributed by atoms with Gasteiger partial charge in [0.1, 0.15) is 10.7 Å². The summed E-state index contributed by atoms with van der Waals surface area (Å²) < 4.78 is 1.52. The van der Waals surface area contributed by atoms with Gasteiger partial charge in [-0.15, -0.1) is 0 Å². The minimum atomic E-state index is -0.861. The van der Waals surface area contributed by atoms with Crippen LogP contribution in [0.15, 0.2) is 0 Å². The molecule has 1 fully saturated rings. The van der Waals surface area contributed by atoms with Crippen LogP contribution in [-0.2, 0) is 18.4 Å². The smallest absolute Gasteiger partial charge is 0.324 e. The molecule has 0 radical (unpaired) electrons. The molecule has 2 rings (SSSR count). The number of urea groups is 1. The van der Waals surface area contributed by atoms with E-state index in [0.29, 0.717) is 16.4 Å². The molecule has 0 aliphatic carbocycles. The fourth-order valence-corrected chi connectivity index (χ4v) is 2.21. The Morgan fingerprint density at radius 2 is 2.00 bits per heavy atom. The number of nitrogens with one attached hydrogen (secondary N) is 1. The fourth-order valence-electron chi connectivity index (χ4n) is 1.97. The highest BCUT2D eigenvalue weighted by Crippen LogP contribution is 2.24. The lowest BCUT2D eigenvalue weighted by Gasteiger charge is -2.15. The van der Waals surface area contributed by atoms with Crippen molar-refractivity contribution in [1.29, 1.82) is 0 Å². The molecule has 1 aromatic rings. The van der Waals surface area contributed by atoms with Crippen LogP contribution in [0.2, 0.25) is 5.15 Å². The normalized spacial score (nSPS) is 18.4. The Bertz CT molecular complexity index is 535. The summed E-state index contributed by atoms with van der Waals surface area (Å²) in [6, 6.07) is -0.399. The number of aromatic nitrogens is 2. The molecule has 1 saturated heterocycles. The van der Waals surface area contributed by atoms with Crippen LogP contribution in [0.4, 0.5) is 4.79 Å². The van der Waals surface area contributed by atoms with Crippen LogP contribution in [0.5, 0.6) is 0 Å². The molecule has 0 unspecified atom stereocenters. The van der Waals surface area contributed by atoms with Crippen molar-refractivity contribution >= 4 is 23.5 Å². The van der Waals surface area contributed by atoms with Crippen molar-refractivity contribution in [2.45, 2.75) is 32.9 Å². The Morgan fingerprint density at radius 1 is 1.39 bits per heavy atom. The lowest BCUT2D eigenvalue weighted by molar-refractivity contribution is -0.130. The zero-order chi connectivity index (χ0) is 13.7. The zero-order valence-corrected chi connectivity index (χ0v) is 11.5. The van der Waals surface area contributed by atoms with Crippen molar-refractivity contribution in [3.63, 3.8) is 0 Å². The molecule has 1 N–H and O–H groups in total. The molecule has 7 heteroatoms. The van der Waals surface area contributed by atoms with Gasteiger partial charge in [-0.2, -0.15) is 5.10 Å². The molecule has 0 saturated carbocycles. The predicted octanol–water partition coefficient (Wildman–Crippen LogP) is 1.21. The van der Waals surface area contributed by atoms with Gasteiger partial charge in [-0.25, -0.2) is 4.79 Å². The summed E-state index contributed by atoms with van der Waals surface area (Å²) in [6.07, 6.45) is 0. The van der Waals surface area contributed by atoms with Crippen LogP contribution in [0.25, 0.3) is 0 Å². The first-order valence-corrected chi connectivity index (χ1v) is 5.94. The van der Waals surface area contributed by atoms with Crippen molar-refractivity contribution in [3.8, 4) is 0 Å². The van der Waals surface area contributed by atoms with Gasteiger partial charge in [-0.1, -0.05) is 11.6 Å². The second-order valence-electron chi connectivity index (χ2n) is 4.92. The molecule has 18 heavy (non-hydrogen) atoms. The number of amides is 3. The largest absolute Gasteiger partial charge is 0.325 e. The van der Waals surface area contributed by atoms with Crippen LogP contribution in [0.3, 0.4) is 0 Å². The Balaban J connectivity index is 2.30. The van der Waals surface area contributed by atoms with E-state index in [9.17, 15) is 9.59 Å². The number of hydrogen-bond acceptors (Lipinski definition) is 3. The predicted molar refractivity (Wildman–Crippen MR) is 66.1 cm³/mol. The molecule has 1 aliphatic heterocycles. The van der Waals surface area contributed by atoms with E-state index in [1.807, 2.05) is 0 Å². The van der Waals surface area contributed by atoms with Crippen LogP contribution >= 0.6 is 11.6 Å². The van der Waals surface area contributed by atoms with E-state index in [1.165, 1.54) is 4.68 Å². The summed E-state index contributed by atoms with van der Waals surface area (Å²) in [5.41, 5.74) is 0.549. The van der Waals surface area contributed by atoms with Crippen molar-refractivity contribution in [1.82, 2.24) is 20.0 Å². The molecule has 0 atom stereocenters. The standard InChI is InChI=1S/C11H15ClN4O2/c1-6-7(8(12)15(4)14-6)5-16-9(17)11(2,3)13-10(16)18/h5H2,1-4H3,(H,13,18). The lowest BCUT2D eigenvalue weighted by atomic mass is 10.1. The molecule has 2 heterocycles. The molecular formula is C11H15ClN4O2. The van der Waals surface area contributed by atoms with E-state index >= 15 is 0 Å². The summed E-state index contributed by atoms with van der Waals surface area (Å²) in [5.74, 6) is -0.258. The SMILES string of the molecule is Cc1nn(C)c(Cl)c1CN1C(=O)NC(C)(C)C1=O. The Hall–Kier alpha value is -1.56. The third kappa shape index (κ3) is 1.86.